The van der Waals surface area contributed by atoms with Gasteiger partial charge in [0, 0.05) is 0 Å². The zero-order valence-corrected chi connectivity index (χ0v) is 16.3. The molecule has 134 valence electrons. The van der Waals surface area contributed by atoms with Gasteiger partial charge in [0.1, 0.15) is 5.75 Å². The maximum atomic E-state index is 12.8. The molecule has 0 spiro atoms. The summed E-state index contributed by atoms with van der Waals surface area (Å²) in [6.07, 6.45) is 0.803. The van der Waals surface area contributed by atoms with E-state index in [1.807, 2.05) is 42.5 Å². The Labute approximate surface area is 152 Å². The molecule has 0 radical (unpaired) electrons. The highest BCUT2D eigenvalue weighted by molar-refractivity contribution is 5.76. The van der Waals surface area contributed by atoms with Crippen molar-refractivity contribution in [3.63, 3.8) is 0 Å². The molecule has 0 aliphatic carbocycles. The smallest absolute Gasteiger partial charge is 0.314 e. The van der Waals surface area contributed by atoms with Gasteiger partial charge >= 0.3 is 5.97 Å². The summed E-state index contributed by atoms with van der Waals surface area (Å²) in [5.41, 5.74) is 2.21. The molecule has 0 saturated carbocycles. The minimum atomic E-state index is -0.144. The van der Waals surface area contributed by atoms with E-state index in [1.54, 1.807) is 0 Å². The zero-order valence-electron chi connectivity index (χ0n) is 16.3. The molecule has 1 atom stereocenters. The fraction of sp³-hybridized carbons (Fsp3) is 0.435. The molecule has 0 heterocycles. The van der Waals surface area contributed by atoms with Crippen LogP contribution in [-0.2, 0) is 4.79 Å². The van der Waals surface area contributed by atoms with E-state index in [1.165, 1.54) is 0 Å². The van der Waals surface area contributed by atoms with Crippen LogP contribution in [0.3, 0.4) is 0 Å². The fourth-order valence-corrected chi connectivity index (χ4v) is 2.89. The Morgan fingerprint density at radius 1 is 0.840 bits per heavy atom. The molecule has 25 heavy (non-hydrogen) atoms. The van der Waals surface area contributed by atoms with Crippen LogP contribution < -0.4 is 4.74 Å². The zero-order chi connectivity index (χ0) is 18.7. The van der Waals surface area contributed by atoms with Crippen LogP contribution in [0.15, 0.2) is 54.6 Å². The van der Waals surface area contributed by atoms with Gasteiger partial charge in [0.25, 0.3) is 0 Å². The van der Waals surface area contributed by atoms with E-state index >= 15 is 0 Å². The van der Waals surface area contributed by atoms with Gasteiger partial charge in [-0.3, -0.25) is 4.79 Å². The largest absolute Gasteiger partial charge is 0.426 e. The first kappa shape index (κ1) is 19.2. The second-order valence-electron chi connectivity index (χ2n) is 8.99. The van der Waals surface area contributed by atoms with Crippen molar-refractivity contribution >= 4 is 5.97 Å². The van der Waals surface area contributed by atoms with Crippen molar-refractivity contribution in [2.75, 3.05) is 0 Å². The summed E-state index contributed by atoms with van der Waals surface area (Å²) in [6.45, 7) is 12.8. The number of carbonyl (C=O) groups is 1. The van der Waals surface area contributed by atoms with Gasteiger partial charge < -0.3 is 4.74 Å². The van der Waals surface area contributed by atoms with Crippen molar-refractivity contribution in [2.45, 2.75) is 48.0 Å². The third-order valence-electron chi connectivity index (χ3n) is 4.33. The first-order valence-corrected chi connectivity index (χ1v) is 8.93. The summed E-state index contributed by atoms with van der Waals surface area (Å²) in [5.74, 6) is 0.323. The minimum Gasteiger partial charge on any atom is -0.426 e. The molecule has 2 rings (SSSR count). The number of carbonyl (C=O) groups excluding carboxylic acids is 1. The molecule has 2 aromatic carbocycles. The lowest BCUT2D eigenvalue weighted by atomic mass is 9.72. The number of ether oxygens (including phenoxy) is 1. The van der Waals surface area contributed by atoms with Gasteiger partial charge in [0.05, 0.1) is 5.92 Å². The molecular weight excluding hydrogens is 308 g/mol. The molecule has 0 amide bonds. The minimum absolute atomic E-state index is 0.0775. The Morgan fingerprint density at radius 2 is 1.36 bits per heavy atom. The quantitative estimate of drug-likeness (QED) is 0.479. The van der Waals surface area contributed by atoms with E-state index in [0.29, 0.717) is 5.75 Å². The summed E-state index contributed by atoms with van der Waals surface area (Å²) in [7, 11) is 0. The highest BCUT2D eigenvalue weighted by atomic mass is 16.5. The molecule has 2 nitrogen and oxygen atoms in total. The van der Waals surface area contributed by atoms with E-state index in [4.69, 9.17) is 4.74 Å². The lowest BCUT2D eigenvalue weighted by molar-refractivity contribution is -0.144. The van der Waals surface area contributed by atoms with Gasteiger partial charge in [-0.1, -0.05) is 84.0 Å². The number of hydrogen-bond donors (Lipinski definition) is 0. The van der Waals surface area contributed by atoms with Crippen LogP contribution in [0.2, 0.25) is 0 Å². The van der Waals surface area contributed by atoms with Gasteiger partial charge in [0.2, 0.25) is 0 Å². The van der Waals surface area contributed by atoms with E-state index < -0.39 is 0 Å². The Balaban J connectivity index is 2.13. The monoisotopic (exact) mass is 338 g/mol. The van der Waals surface area contributed by atoms with Gasteiger partial charge in [-0.05, 0) is 40.5 Å². The Morgan fingerprint density at radius 3 is 1.84 bits per heavy atom. The molecule has 0 bridgehead atoms. The normalized spacial score (nSPS) is 13.4. The molecular formula is C23H30O2. The second-order valence-corrected chi connectivity index (χ2v) is 8.99. The Kier molecular flexibility index (Phi) is 5.72. The standard InChI is InChI=1S/C23H30O2/c1-22(2,3)16-20(23(4,5)6)21(24)25-19-14-12-18(13-15-19)17-10-8-7-9-11-17/h7-15,20H,16H2,1-6H3. The maximum absolute atomic E-state index is 12.8. The highest BCUT2D eigenvalue weighted by Gasteiger charge is 2.36. The van der Waals surface area contributed by atoms with Crippen LogP contribution in [0.1, 0.15) is 48.0 Å². The van der Waals surface area contributed by atoms with E-state index in [0.717, 1.165) is 17.5 Å². The topological polar surface area (TPSA) is 26.3 Å². The summed E-state index contributed by atoms with van der Waals surface area (Å²) < 4.78 is 5.70. The fourth-order valence-electron chi connectivity index (χ4n) is 2.89. The van der Waals surface area contributed by atoms with Crippen LogP contribution in [0.25, 0.3) is 11.1 Å². The van der Waals surface area contributed by atoms with Crippen LogP contribution in [0.4, 0.5) is 0 Å². The summed E-state index contributed by atoms with van der Waals surface area (Å²) >= 11 is 0. The van der Waals surface area contributed by atoms with Crippen molar-refractivity contribution in [1.82, 2.24) is 0 Å². The molecule has 0 saturated heterocycles. The number of hydrogen-bond acceptors (Lipinski definition) is 2. The third-order valence-corrected chi connectivity index (χ3v) is 4.33. The van der Waals surface area contributed by atoms with Crippen molar-refractivity contribution < 1.29 is 9.53 Å². The van der Waals surface area contributed by atoms with Crippen LogP contribution in [0.5, 0.6) is 5.75 Å². The summed E-state index contributed by atoms with van der Waals surface area (Å²) in [5, 5.41) is 0. The highest BCUT2D eigenvalue weighted by Crippen LogP contribution is 2.37. The van der Waals surface area contributed by atoms with Crippen LogP contribution in [0, 0.1) is 16.7 Å². The number of esters is 1. The third kappa shape index (κ3) is 5.74. The van der Waals surface area contributed by atoms with Crippen molar-refractivity contribution in [3.05, 3.63) is 54.6 Å². The molecule has 0 fully saturated rings. The predicted octanol–water partition coefficient (Wildman–Crippen LogP) is 6.36. The van der Waals surface area contributed by atoms with Gasteiger partial charge in [-0.15, -0.1) is 0 Å². The first-order chi connectivity index (χ1) is 11.6. The molecule has 1 unspecified atom stereocenters. The van der Waals surface area contributed by atoms with Crippen LogP contribution in [-0.4, -0.2) is 5.97 Å². The average Bonchev–Trinajstić information content (AvgIpc) is 2.52. The number of benzene rings is 2. The van der Waals surface area contributed by atoms with Gasteiger partial charge in [-0.2, -0.15) is 0 Å². The summed E-state index contributed by atoms with van der Waals surface area (Å²) in [4.78, 5) is 12.8. The Bertz CT molecular complexity index is 686. The molecule has 2 heteroatoms. The lowest BCUT2D eigenvalue weighted by Crippen LogP contribution is -2.35. The molecule has 0 aromatic heterocycles. The van der Waals surface area contributed by atoms with Crippen LogP contribution >= 0.6 is 0 Å². The van der Waals surface area contributed by atoms with Crippen molar-refractivity contribution in [3.8, 4) is 16.9 Å². The molecule has 0 aliphatic rings. The van der Waals surface area contributed by atoms with Gasteiger partial charge in [0.15, 0.2) is 0 Å². The molecule has 0 aliphatic heterocycles. The molecule has 2 aromatic rings. The second kappa shape index (κ2) is 7.43. The number of rotatable bonds is 4. The lowest BCUT2D eigenvalue weighted by Gasteiger charge is -2.33. The van der Waals surface area contributed by atoms with Gasteiger partial charge in [-0.25, -0.2) is 0 Å². The predicted molar refractivity (Wildman–Crippen MR) is 105 cm³/mol. The summed E-state index contributed by atoms with van der Waals surface area (Å²) in [6, 6.07) is 17.9. The van der Waals surface area contributed by atoms with Crippen molar-refractivity contribution in [1.29, 1.82) is 0 Å². The average molecular weight is 338 g/mol. The van der Waals surface area contributed by atoms with E-state index in [9.17, 15) is 4.79 Å². The maximum Gasteiger partial charge on any atom is 0.314 e. The SMILES string of the molecule is CC(C)(C)CC(C(=O)Oc1ccc(-c2ccccc2)cc1)C(C)(C)C. The van der Waals surface area contributed by atoms with Crippen molar-refractivity contribution in [2.24, 2.45) is 16.7 Å². The Hall–Kier alpha value is -2.09. The van der Waals surface area contributed by atoms with E-state index in [2.05, 4.69) is 53.7 Å². The first-order valence-electron chi connectivity index (χ1n) is 8.93. The van der Waals surface area contributed by atoms with E-state index in [-0.39, 0.29) is 22.7 Å². The molecule has 0 N–H and O–H groups in total.